The van der Waals surface area contributed by atoms with Gasteiger partial charge in [-0.1, -0.05) is 41.9 Å². The van der Waals surface area contributed by atoms with E-state index < -0.39 is 0 Å². The molecule has 1 aromatic heterocycles. The van der Waals surface area contributed by atoms with Crippen LogP contribution in [0.4, 0.5) is 5.82 Å². The van der Waals surface area contributed by atoms with Crippen molar-refractivity contribution in [1.29, 1.82) is 0 Å². The lowest BCUT2D eigenvalue weighted by Gasteiger charge is -2.29. The van der Waals surface area contributed by atoms with Gasteiger partial charge in [0.25, 0.3) is 0 Å². The van der Waals surface area contributed by atoms with Gasteiger partial charge in [-0.2, -0.15) is 0 Å². The van der Waals surface area contributed by atoms with Gasteiger partial charge in [0, 0.05) is 24.2 Å². The Kier molecular flexibility index (Phi) is 3.85. The molecule has 0 aliphatic carbocycles. The van der Waals surface area contributed by atoms with E-state index in [2.05, 4.69) is 9.88 Å². The summed E-state index contributed by atoms with van der Waals surface area (Å²) in [5.41, 5.74) is 1.90. The molecule has 2 aromatic rings. The average molecular weight is 290 g/mol. The van der Waals surface area contributed by atoms with Gasteiger partial charge in [0.1, 0.15) is 11.0 Å². The Hall–Kier alpha value is -1.65. The molecule has 2 heterocycles. The van der Waals surface area contributed by atoms with Crippen molar-refractivity contribution in [3.8, 4) is 11.4 Å². The van der Waals surface area contributed by atoms with E-state index in [4.69, 9.17) is 21.3 Å². The number of morpholine rings is 1. The molecule has 1 aliphatic rings. The molecular formula is C15H16ClN3O. The summed E-state index contributed by atoms with van der Waals surface area (Å²) < 4.78 is 5.39. The van der Waals surface area contributed by atoms with Crippen LogP contribution in [0.15, 0.2) is 30.3 Å². The van der Waals surface area contributed by atoms with Crippen molar-refractivity contribution in [3.05, 3.63) is 41.0 Å². The van der Waals surface area contributed by atoms with Crippen molar-refractivity contribution >= 4 is 17.4 Å². The first kappa shape index (κ1) is 13.3. The normalized spacial score (nSPS) is 15.4. The molecule has 0 spiro atoms. The molecule has 0 unspecified atom stereocenters. The summed E-state index contributed by atoms with van der Waals surface area (Å²) >= 11 is 6.28. The first-order valence-corrected chi connectivity index (χ1v) is 7.06. The van der Waals surface area contributed by atoms with Gasteiger partial charge in [0.15, 0.2) is 5.82 Å². The fourth-order valence-electron chi connectivity index (χ4n) is 2.28. The van der Waals surface area contributed by atoms with E-state index in [1.807, 2.05) is 37.3 Å². The second kappa shape index (κ2) is 5.77. The topological polar surface area (TPSA) is 38.2 Å². The minimum atomic E-state index is 0.514. The second-order valence-electron chi connectivity index (χ2n) is 4.75. The van der Waals surface area contributed by atoms with E-state index in [-0.39, 0.29) is 0 Å². The highest BCUT2D eigenvalue weighted by molar-refractivity contribution is 6.30. The smallest absolute Gasteiger partial charge is 0.163 e. The Balaban J connectivity index is 2.03. The third-order valence-corrected chi connectivity index (χ3v) is 3.77. The summed E-state index contributed by atoms with van der Waals surface area (Å²) in [4.78, 5) is 11.3. The van der Waals surface area contributed by atoms with Crippen LogP contribution in [-0.2, 0) is 4.74 Å². The molecule has 20 heavy (non-hydrogen) atoms. The number of anilines is 1. The van der Waals surface area contributed by atoms with E-state index in [1.54, 1.807) is 0 Å². The summed E-state index contributed by atoms with van der Waals surface area (Å²) in [6.07, 6.45) is 0. The monoisotopic (exact) mass is 289 g/mol. The van der Waals surface area contributed by atoms with E-state index >= 15 is 0 Å². The molecular weight excluding hydrogens is 274 g/mol. The maximum absolute atomic E-state index is 6.28. The van der Waals surface area contributed by atoms with Crippen LogP contribution in [0.2, 0.25) is 5.15 Å². The zero-order valence-corrected chi connectivity index (χ0v) is 12.1. The average Bonchev–Trinajstić information content (AvgIpc) is 2.51. The Bertz CT molecular complexity index is 598. The van der Waals surface area contributed by atoms with Crippen LogP contribution in [0.5, 0.6) is 0 Å². The molecule has 104 valence electrons. The fraction of sp³-hybridized carbons (Fsp3) is 0.333. The maximum Gasteiger partial charge on any atom is 0.163 e. The minimum Gasteiger partial charge on any atom is -0.378 e. The van der Waals surface area contributed by atoms with Gasteiger partial charge >= 0.3 is 0 Å². The van der Waals surface area contributed by atoms with Crippen LogP contribution in [0, 0.1) is 6.92 Å². The largest absolute Gasteiger partial charge is 0.378 e. The molecule has 3 rings (SSSR count). The lowest BCUT2D eigenvalue weighted by molar-refractivity contribution is 0.122. The Morgan fingerprint density at radius 2 is 1.80 bits per heavy atom. The zero-order valence-electron chi connectivity index (χ0n) is 11.3. The number of benzene rings is 1. The van der Waals surface area contributed by atoms with Crippen molar-refractivity contribution in [2.24, 2.45) is 0 Å². The molecule has 1 aromatic carbocycles. The lowest BCUT2D eigenvalue weighted by Crippen LogP contribution is -2.37. The zero-order chi connectivity index (χ0) is 13.9. The number of rotatable bonds is 2. The highest BCUT2D eigenvalue weighted by Gasteiger charge is 2.18. The van der Waals surface area contributed by atoms with E-state index in [0.717, 1.165) is 43.2 Å². The van der Waals surface area contributed by atoms with Crippen molar-refractivity contribution in [1.82, 2.24) is 9.97 Å². The first-order valence-electron chi connectivity index (χ1n) is 6.68. The molecule has 1 fully saturated rings. The molecule has 0 amide bonds. The summed E-state index contributed by atoms with van der Waals surface area (Å²) in [5.74, 6) is 1.58. The standard InChI is InChI=1S/C15H16ClN3O/c1-11-13(16)17-14(12-5-3-2-4-6-12)18-15(11)19-7-9-20-10-8-19/h2-6H,7-10H2,1H3. The molecule has 1 aliphatic heterocycles. The second-order valence-corrected chi connectivity index (χ2v) is 5.11. The molecule has 0 atom stereocenters. The molecule has 1 saturated heterocycles. The third-order valence-electron chi connectivity index (χ3n) is 3.40. The maximum atomic E-state index is 6.28. The molecule has 0 saturated carbocycles. The Morgan fingerprint density at radius 1 is 1.10 bits per heavy atom. The number of hydrogen-bond acceptors (Lipinski definition) is 4. The number of hydrogen-bond donors (Lipinski definition) is 0. The van der Waals surface area contributed by atoms with Gasteiger partial charge in [0.05, 0.1) is 13.2 Å². The predicted octanol–water partition coefficient (Wildman–Crippen LogP) is 2.94. The van der Waals surface area contributed by atoms with Gasteiger partial charge in [0.2, 0.25) is 0 Å². The summed E-state index contributed by atoms with van der Waals surface area (Å²) in [6, 6.07) is 9.90. The van der Waals surface area contributed by atoms with Gasteiger partial charge in [-0.15, -0.1) is 0 Å². The molecule has 4 nitrogen and oxygen atoms in total. The third kappa shape index (κ3) is 2.62. The summed E-state index contributed by atoms with van der Waals surface area (Å²) in [6.45, 7) is 5.08. The molecule has 0 bridgehead atoms. The van der Waals surface area contributed by atoms with Crippen molar-refractivity contribution in [2.45, 2.75) is 6.92 Å². The lowest BCUT2D eigenvalue weighted by atomic mass is 10.2. The SMILES string of the molecule is Cc1c(Cl)nc(-c2ccccc2)nc1N1CCOCC1. The van der Waals surface area contributed by atoms with Crippen molar-refractivity contribution in [2.75, 3.05) is 31.2 Å². The minimum absolute atomic E-state index is 0.514. The van der Waals surface area contributed by atoms with Crippen LogP contribution in [0.25, 0.3) is 11.4 Å². The Labute approximate surface area is 123 Å². The van der Waals surface area contributed by atoms with Crippen molar-refractivity contribution < 1.29 is 4.74 Å². The number of aromatic nitrogens is 2. The van der Waals surface area contributed by atoms with Crippen LogP contribution in [-0.4, -0.2) is 36.3 Å². The highest BCUT2D eigenvalue weighted by Crippen LogP contribution is 2.27. The Morgan fingerprint density at radius 3 is 2.50 bits per heavy atom. The van der Waals surface area contributed by atoms with Crippen LogP contribution in [0.3, 0.4) is 0 Å². The van der Waals surface area contributed by atoms with E-state index in [0.29, 0.717) is 11.0 Å². The number of ether oxygens (including phenoxy) is 1. The van der Waals surface area contributed by atoms with Gasteiger partial charge < -0.3 is 9.64 Å². The van der Waals surface area contributed by atoms with Gasteiger partial charge in [-0.05, 0) is 6.92 Å². The van der Waals surface area contributed by atoms with Gasteiger partial charge in [-0.3, -0.25) is 0 Å². The predicted molar refractivity (Wildman–Crippen MR) is 80.2 cm³/mol. The molecule has 0 N–H and O–H groups in total. The van der Waals surface area contributed by atoms with E-state index in [1.165, 1.54) is 0 Å². The highest BCUT2D eigenvalue weighted by atomic mass is 35.5. The molecule has 0 radical (unpaired) electrons. The van der Waals surface area contributed by atoms with Crippen LogP contribution in [0.1, 0.15) is 5.56 Å². The van der Waals surface area contributed by atoms with Crippen LogP contribution >= 0.6 is 11.6 Å². The quantitative estimate of drug-likeness (QED) is 0.797. The first-order chi connectivity index (χ1) is 9.75. The van der Waals surface area contributed by atoms with Gasteiger partial charge in [-0.25, -0.2) is 9.97 Å². The fourth-order valence-corrected chi connectivity index (χ4v) is 2.44. The summed E-state index contributed by atoms with van der Waals surface area (Å²) in [5, 5.41) is 0.514. The number of nitrogens with zero attached hydrogens (tertiary/aromatic N) is 3. The van der Waals surface area contributed by atoms with Crippen molar-refractivity contribution in [3.63, 3.8) is 0 Å². The summed E-state index contributed by atoms with van der Waals surface area (Å²) in [7, 11) is 0. The van der Waals surface area contributed by atoms with Crippen LogP contribution < -0.4 is 4.90 Å². The molecule has 5 heteroatoms. The van der Waals surface area contributed by atoms with E-state index in [9.17, 15) is 0 Å². The number of halogens is 1.